The number of rotatable bonds is 3. The van der Waals surface area contributed by atoms with Crippen LogP contribution in [-0.2, 0) is 6.54 Å². The highest BCUT2D eigenvalue weighted by atomic mass is 35.5. The van der Waals surface area contributed by atoms with Crippen molar-refractivity contribution in [3.8, 4) is 5.75 Å². The average molecular weight is 309 g/mol. The van der Waals surface area contributed by atoms with Crippen molar-refractivity contribution in [2.75, 3.05) is 0 Å². The van der Waals surface area contributed by atoms with E-state index in [0.29, 0.717) is 11.0 Å². The van der Waals surface area contributed by atoms with Gasteiger partial charge in [-0.15, -0.1) is 13.2 Å². The fraction of sp³-hybridized carbons (Fsp3) is 0.417. The molecule has 20 heavy (non-hydrogen) atoms. The molecule has 0 fully saturated rings. The third-order valence-corrected chi connectivity index (χ3v) is 2.75. The van der Waals surface area contributed by atoms with Gasteiger partial charge >= 0.3 is 6.36 Å². The van der Waals surface area contributed by atoms with Gasteiger partial charge in [0.15, 0.2) is 0 Å². The zero-order valence-corrected chi connectivity index (χ0v) is 11.5. The van der Waals surface area contributed by atoms with Gasteiger partial charge in [0, 0.05) is 6.07 Å². The molecule has 0 radical (unpaired) electrons. The van der Waals surface area contributed by atoms with Crippen molar-refractivity contribution < 1.29 is 23.0 Å². The lowest BCUT2D eigenvalue weighted by Gasteiger charge is -2.18. The Morgan fingerprint density at radius 3 is 2.55 bits per heavy atom. The molecule has 1 aromatic carbocycles. The first-order valence-electron chi connectivity index (χ1n) is 5.68. The van der Waals surface area contributed by atoms with E-state index in [1.807, 2.05) is 0 Å². The van der Waals surface area contributed by atoms with Gasteiger partial charge in [0.1, 0.15) is 5.75 Å². The van der Waals surface area contributed by atoms with E-state index in [9.17, 15) is 18.3 Å². The van der Waals surface area contributed by atoms with Gasteiger partial charge in [-0.2, -0.15) is 0 Å². The molecular formula is C12H12ClF3N2O2. The molecule has 0 spiro atoms. The van der Waals surface area contributed by atoms with Crippen LogP contribution in [0.4, 0.5) is 13.2 Å². The van der Waals surface area contributed by atoms with Crippen molar-refractivity contribution >= 4 is 22.6 Å². The quantitative estimate of drug-likeness (QED) is 0.946. The third kappa shape index (κ3) is 3.55. The molecule has 0 saturated carbocycles. The fourth-order valence-corrected chi connectivity index (χ4v) is 2.00. The van der Waals surface area contributed by atoms with E-state index in [1.54, 1.807) is 18.4 Å². The van der Waals surface area contributed by atoms with E-state index < -0.39 is 17.7 Å². The minimum atomic E-state index is -4.81. The molecule has 0 unspecified atom stereocenters. The molecule has 8 heteroatoms. The van der Waals surface area contributed by atoms with Crippen molar-refractivity contribution in [2.24, 2.45) is 0 Å². The summed E-state index contributed by atoms with van der Waals surface area (Å²) in [5, 5.41) is 9.60. The number of hydrogen-bond acceptors (Lipinski definition) is 3. The van der Waals surface area contributed by atoms with Crippen LogP contribution in [0, 0.1) is 0 Å². The van der Waals surface area contributed by atoms with Crippen molar-refractivity contribution in [3.05, 3.63) is 23.5 Å². The number of nitrogens with zero attached hydrogens (tertiary/aromatic N) is 2. The lowest BCUT2D eigenvalue weighted by molar-refractivity contribution is -0.274. The molecule has 1 aromatic heterocycles. The second kappa shape index (κ2) is 4.82. The van der Waals surface area contributed by atoms with Crippen LogP contribution in [0.2, 0.25) is 5.02 Å². The van der Waals surface area contributed by atoms with Crippen LogP contribution in [-0.4, -0.2) is 26.6 Å². The standard InChI is InChI=1S/C12H12ClF3N2O2/c1-11(2,19)5-18-6-17-8-4-10(20-12(14,15)16)7(13)3-9(8)18/h3-4,6,19H,5H2,1-2H3. The SMILES string of the molecule is CC(C)(O)Cn1cnc2cc(OC(F)(F)F)c(Cl)cc21. The van der Waals surface area contributed by atoms with Crippen LogP contribution in [0.1, 0.15) is 13.8 Å². The maximum atomic E-state index is 12.2. The predicted molar refractivity (Wildman–Crippen MR) is 67.7 cm³/mol. The Bertz CT molecular complexity index is 632. The Morgan fingerprint density at radius 1 is 1.35 bits per heavy atom. The number of halogens is 4. The molecule has 4 nitrogen and oxygen atoms in total. The van der Waals surface area contributed by atoms with Gasteiger partial charge in [0.05, 0.1) is 34.5 Å². The first-order chi connectivity index (χ1) is 9.05. The zero-order valence-electron chi connectivity index (χ0n) is 10.7. The second-order valence-electron chi connectivity index (χ2n) is 5.00. The summed E-state index contributed by atoms with van der Waals surface area (Å²) < 4.78 is 42.1. The molecule has 0 aliphatic heterocycles. The number of benzene rings is 1. The highest BCUT2D eigenvalue weighted by Gasteiger charge is 2.32. The van der Waals surface area contributed by atoms with E-state index in [4.69, 9.17) is 11.6 Å². The number of ether oxygens (including phenoxy) is 1. The highest BCUT2D eigenvalue weighted by Crippen LogP contribution is 2.33. The summed E-state index contributed by atoms with van der Waals surface area (Å²) in [6.45, 7) is 3.46. The Hall–Kier alpha value is -1.47. The van der Waals surface area contributed by atoms with Crippen molar-refractivity contribution in [1.82, 2.24) is 9.55 Å². The van der Waals surface area contributed by atoms with E-state index in [2.05, 4.69) is 9.72 Å². The van der Waals surface area contributed by atoms with Crippen LogP contribution in [0.3, 0.4) is 0 Å². The summed E-state index contributed by atoms with van der Waals surface area (Å²) in [5.74, 6) is -0.500. The largest absolute Gasteiger partial charge is 0.573 e. The summed E-state index contributed by atoms with van der Waals surface area (Å²) in [4.78, 5) is 3.98. The van der Waals surface area contributed by atoms with Crippen molar-refractivity contribution in [2.45, 2.75) is 32.4 Å². The van der Waals surface area contributed by atoms with Crippen LogP contribution >= 0.6 is 11.6 Å². The van der Waals surface area contributed by atoms with Crippen molar-refractivity contribution in [3.63, 3.8) is 0 Å². The van der Waals surface area contributed by atoms with Gasteiger partial charge in [-0.05, 0) is 19.9 Å². The van der Waals surface area contributed by atoms with Gasteiger partial charge in [-0.1, -0.05) is 11.6 Å². The van der Waals surface area contributed by atoms with E-state index in [1.165, 1.54) is 12.4 Å². The Kier molecular flexibility index (Phi) is 3.60. The average Bonchev–Trinajstić information content (AvgIpc) is 2.57. The molecule has 0 bridgehead atoms. The Morgan fingerprint density at radius 2 is 2.00 bits per heavy atom. The topological polar surface area (TPSA) is 47.3 Å². The zero-order chi connectivity index (χ0) is 15.1. The van der Waals surface area contributed by atoms with Gasteiger partial charge in [0.25, 0.3) is 0 Å². The summed E-state index contributed by atoms with van der Waals surface area (Å²) in [7, 11) is 0. The number of imidazole rings is 1. The van der Waals surface area contributed by atoms with Gasteiger partial charge in [-0.25, -0.2) is 4.98 Å². The summed E-state index contributed by atoms with van der Waals surface area (Å²) >= 11 is 5.78. The molecule has 1 N–H and O–H groups in total. The molecule has 1 heterocycles. The van der Waals surface area contributed by atoms with Gasteiger partial charge in [-0.3, -0.25) is 0 Å². The maximum Gasteiger partial charge on any atom is 0.573 e. The van der Waals surface area contributed by atoms with E-state index in [0.717, 1.165) is 6.07 Å². The van der Waals surface area contributed by atoms with Crippen LogP contribution in [0.5, 0.6) is 5.75 Å². The highest BCUT2D eigenvalue weighted by molar-refractivity contribution is 6.32. The smallest absolute Gasteiger partial charge is 0.404 e. The fourth-order valence-electron chi connectivity index (χ4n) is 1.81. The summed E-state index contributed by atoms with van der Waals surface area (Å²) in [6.07, 6.45) is -3.39. The van der Waals surface area contributed by atoms with Crippen molar-refractivity contribution in [1.29, 1.82) is 0 Å². The lowest BCUT2D eigenvalue weighted by atomic mass is 10.1. The van der Waals surface area contributed by atoms with Crippen LogP contribution < -0.4 is 4.74 Å². The predicted octanol–water partition coefficient (Wildman–Crippen LogP) is 3.36. The first kappa shape index (κ1) is 14.9. The maximum absolute atomic E-state index is 12.2. The summed E-state index contributed by atoms with van der Waals surface area (Å²) in [5.41, 5.74) is -0.161. The number of aromatic nitrogens is 2. The number of aliphatic hydroxyl groups is 1. The molecule has 0 aliphatic carbocycles. The molecule has 2 rings (SSSR count). The lowest BCUT2D eigenvalue weighted by Crippen LogP contribution is -2.25. The molecule has 0 aliphatic rings. The normalized spacial score (nSPS) is 12.9. The monoisotopic (exact) mass is 308 g/mol. The molecule has 0 atom stereocenters. The minimum Gasteiger partial charge on any atom is -0.404 e. The first-order valence-corrected chi connectivity index (χ1v) is 6.05. The van der Waals surface area contributed by atoms with E-state index >= 15 is 0 Å². The Labute approximate surface area is 117 Å². The van der Waals surface area contributed by atoms with Crippen LogP contribution in [0.25, 0.3) is 11.0 Å². The molecule has 0 saturated heterocycles. The molecule has 110 valence electrons. The minimum absolute atomic E-state index is 0.174. The summed E-state index contributed by atoms with van der Waals surface area (Å²) in [6, 6.07) is 2.45. The number of hydrogen-bond donors (Lipinski definition) is 1. The molecular weight excluding hydrogens is 297 g/mol. The Balaban J connectivity index is 2.42. The number of alkyl halides is 3. The molecule has 2 aromatic rings. The second-order valence-corrected chi connectivity index (χ2v) is 5.41. The van der Waals surface area contributed by atoms with Gasteiger partial charge in [0.2, 0.25) is 0 Å². The van der Waals surface area contributed by atoms with E-state index in [-0.39, 0.29) is 11.6 Å². The third-order valence-electron chi connectivity index (χ3n) is 2.46. The van der Waals surface area contributed by atoms with Gasteiger partial charge < -0.3 is 14.4 Å². The van der Waals surface area contributed by atoms with Crippen LogP contribution in [0.15, 0.2) is 18.5 Å². The number of fused-ring (bicyclic) bond motifs is 1. The molecule has 0 amide bonds.